The molecule has 0 aliphatic carbocycles. The summed E-state index contributed by atoms with van der Waals surface area (Å²) in [4.78, 5) is 13.1. The maximum Gasteiger partial charge on any atom is 0.366 e. The largest absolute Gasteiger partial charge is 0.366 e. The summed E-state index contributed by atoms with van der Waals surface area (Å²) < 4.78 is 24.7. The molecule has 0 amide bonds. The molecule has 0 spiro atoms. The number of aromatic nitrogens is 1. The van der Waals surface area contributed by atoms with Crippen LogP contribution in [-0.4, -0.2) is 9.91 Å². The number of nitrogens with zero attached hydrogens (tertiary/aromatic N) is 2. The summed E-state index contributed by atoms with van der Waals surface area (Å²) >= 11 is 0. The molecular weight excluding hydrogens is 194 g/mol. The second-order valence-corrected chi connectivity index (χ2v) is 2.84. The van der Waals surface area contributed by atoms with Crippen molar-refractivity contribution in [2.45, 2.75) is 20.3 Å². The van der Waals surface area contributed by atoms with Crippen molar-refractivity contribution in [2.24, 2.45) is 0 Å². The van der Waals surface area contributed by atoms with Crippen LogP contribution in [0.3, 0.4) is 0 Å². The van der Waals surface area contributed by atoms with E-state index in [0.29, 0.717) is 0 Å². The average molecular weight is 202 g/mol. The number of nitro groups is 1. The van der Waals surface area contributed by atoms with Crippen molar-refractivity contribution in [2.75, 3.05) is 0 Å². The van der Waals surface area contributed by atoms with Gasteiger partial charge in [0.2, 0.25) is 0 Å². The monoisotopic (exact) mass is 202 g/mol. The van der Waals surface area contributed by atoms with Crippen molar-refractivity contribution < 1.29 is 13.7 Å². The molecule has 0 saturated heterocycles. The second-order valence-electron chi connectivity index (χ2n) is 2.84. The fourth-order valence-corrected chi connectivity index (χ4v) is 1.11. The Labute approximate surface area is 78.7 Å². The van der Waals surface area contributed by atoms with Crippen molar-refractivity contribution in [3.63, 3.8) is 0 Å². The average Bonchev–Trinajstić information content (AvgIpc) is 2.08. The predicted octanol–water partition coefficient (Wildman–Crippen LogP) is 2.54. The van der Waals surface area contributed by atoms with Crippen LogP contribution in [-0.2, 0) is 0 Å². The minimum Gasteiger partial charge on any atom is -0.358 e. The number of rotatable bonds is 2. The Balaban J connectivity index is 3.33. The standard InChI is InChI=1S/C8H8F2N2O2/c1-4-5(2)8(12(13)14)11-3-6(4)7(9)10/h3,7H,1-2H3. The molecule has 0 aliphatic rings. The van der Waals surface area contributed by atoms with Gasteiger partial charge in [0, 0.05) is 0 Å². The van der Waals surface area contributed by atoms with Gasteiger partial charge in [0.25, 0.3) is 6.43 Å². The van der Waals surface area contributed by atoms with Crippen molar-refractivity contribution >= 4 is 5.82 Å². The smallest absolute Gasteiger partial charge is 0.358 e. The Morgan fingerprint density at radius 3 is 2.43 bits per heavy atom. The molecule has 0 unspecified atom stereocenters. The topological polar surface area (TPSA) is 56.0 Å². The second kappa shape index (κ2) is 3.65. The molecule has 1 aromatic heterocycles. The van der Waals surface area contributed by atoms with Crippen LogP contribution < -0.4 is 0 Å². The van der Waals surface area contributed by atoms with Crippen molar-refractivity contribution in [3.05, 3.63) is 33.0 Å². The van der Waals surface area contributed by atoms with E-state index in [1.807, 2.05) is 0 Å². The molecule has 6 heteroatoms. The maximum absolute atomic E-state index is 12.3. The van der Waals surface area contributed by atoms with Gasteiger partial charge < -0.3 is 10.1 Å². The van der Waals surface area contributed by atoms with Crippen LogP contribution in [0.5, 0.6) is 0 Å². The van der Waals surface area contributed by atoms with Crippen LogP contribution in [0, 0.1) is 24.0 Å². The van der Waals surface area contributed by atoms with Gasteiger partial charge in [-0.25, -0.2) is 8.78 Å². The molecule has 0 N–H and O–H groups in total. The van der Waals surface area contributed by atoms with E-state index in [4.69, 9.17) is 0 Å². The molecule has 1 rings (SSSR count). The Morgan fingerprint density at radius 1 is 1.43 bits per heavy atom. The summed E-state index contributed by atoms with van der Waals surface area (Å²) in [6.07, 6.45) is -1.80. The summed E-state index contributed by atoms with van der Waals surface area (Å²) in [7, 11) is 0. The lowest BCUT2D eigenvalue weighted by Crippen LogP contribution is -2.01. The zero-order valence-corrected chi connectivity index (χ0v) is 7.62. The van der Waals surface area contributed by atoms with Crippen LogP contribution >= 0.6 is 0 Å². The first-order valence-corrected chi connectivity index (χ1v) is 3.83. The van der Waals surface area contributed by atoms with Crippen molar-refractivity contribution in [1.82, 2.24) is 4.98 Å². The lowest BCUT2D eigenvalue weighted by atomic mass is 10.1. The van der Waals surface area contributed by atoms with Gasteiger partial charge in [-0.3, -0.25) is 0 Å². The molecule has 1 heterocycles. The van der Waals surface area contributed by atoms with Gasteiger partial charge >= 0.3 is 5.82 Å². The van der Waals surface area contributed by atoms with Gasteiger partial charge in [-0.15, -0.1) is 0 Å². The number of hydrogen-bond donors (Lipinski definition) is 0. The number of alkyl halides is 2. The minimum atomic E-state index is -2.65. The third-order valence-electron chi connectivity index (χ3n) is 2.06. The van der Waals surface area contributed by atoms with E-state index in [1.165, 1.54) is 13.8 Å². The molecule has 0 saturated carbocycles. The van der Waals surface area contributed by atoms with Gasteiger partial charge in [-0.05, 0) is 29.3 Å². The summed E-state index contributed by atoms with van der Waals surface area (Å²) in [5.74, 6) is -0.369. The van der Waals surface area contributed by atoms with Gasteiger partial charge in [-0.1, -0.05) is 0 Å². The lowest BCUT2D eigenvalue weighted by Gasteiger charge is -2.05. The molecule has 14 heavy (non-hydrogen) atoms. The lowest BCUT2D eigenvalue weighted by molar-refractivity contribution is -0.390. The summed E-state index contributed by atoms with van der Waals surface area (Å²) in [6.45, 7) is 2.83. The number of hydrogen-bond acceptors (Lipinski definition) is 3. The van der Waals surface area contributed by atoms with E-state index in [2.05, 4.69) is 4.98 Å². The first-order valence-electron chi connectivity index (χ1n) is 3.83. The Morgan fingerprint density at radius 2 is 2.00 bits per heavy atom. The van der Waals surface area contributed by atoms with Crippen molar-refractivity contribution in [3.8, 4) is 0 Å². The molecule has 4 nitrogen and oxygen atoms in total. The zero-order valence-electron chi connectivity index (χ0n) is 7.62. The first-order chi connectivity index (χ1) is 6.45. The Bertz CT molecular complexity index is 380. The molecule has 0 atom stereocenters. The molecule has 0 aromatic carbocycles. The fourth-order valence-electron chi connectivity index (χ4n) is 1.11. The molecule has 0 fully saturated rings. The SMILES string of the molecule is Cc1c(C(F)F)cnc([N+](=O)[O-])c1C. The number of pyridine rings is 1. The maximum atomic E-state index is 12.3. The van der Waals surface area contributed by atoms with E-state index >= 15 is 0 Å². The number of halogens is 2. The van der Waals surface area contributed by atoms with E-state index in [9.17, 15) is 18.9 Å². The van der Waals surface area contributed by atoms with Crippen LogP contribution in [0.4, 0.5) is 14.6 Å². The molecule has 0 aliphatic heterocycles. The van der Waals surface area contributed by atoms with Crippen LogP contribution in [0.2, 0.25) is 0 Å². The summed E-state index contributed by atoms with van der Waals surface area (Å²) in [5.41, 5.74) is 0.155. The summed E-state index contributed by atoms with van der Waals surface area (Å²) in [6, 6.07) is 0. The van der Waals surface area contributed by atoms with E-state index < -0.39 is 11.3 Å². The first kappa shape index (κ1) is 10.5. The molecular formula is C8H8F2N2O2. The highest BCUT2D eigenvalue weighted by Gasteiger charge is 2.21. The third-order valence-corrected chi connectivity index (χ3v) is 2.06. The summed E-state index contributed by atoms with van der Waals surface area (Å²) in [5, 5.41) is 10.4. The third kappa shape index (κ3) is 1.68. The molecule has 1 aromatic rings. The van der Waals surface area contributed by atoms with Crippen molar-refractivity contribution in [1.29, 1.82) is 0 Å². The molecule has 0 bridgehead atoms. The van der Waals surface area contributed by atoms with Gasteiger partial charge in [0.1, 0.15) is 6.20 Å². The zero-order chi connectivity index (χ0) is 10.9. The Hall–Kier alpha value is -1.59. The molecule has 76 valence electrons. The highest BCUT2D eigenvalue weighted by atomic mass is 19.3. The van der Waals surface area contributed by atoms with E-state index in [0.717, 1.165) is 6.20 Å². The minimum absolute atomic E-state index is 0.188. The van der Waals surface area contributed by atoms with E-state index in [1.54, 1.807) is 0 Å². The highest BCUT2D eigenvalue weighted by molar-refractivity contribution is 5.42. The van der Waals surface area contributed by atoms with Crippen LogP contribution in [0.25, 0.3) is 0 Å². The fraction of sp³-hybridized carbons (Fsp3) is 0.375. The Kier molecular flexibility index (Phi) is 2.73. The van der Waals surface area contributed by atoms with Gasteiger partial charge in [-0.2, -0.15) is 0 Å². The normalized spacial score (nSPS) is 10.6. The van der Waals surface area contributed by atoms with Gasteiger partial charge in [0.05, 0.1) is 11.1 Å². The predicted molar refractivity (Wildman–Crippen MR) is 45.3 cm³/mol. The van der Waals surface area contributed by atoms with Crippen LogP contribution in [0.1, 0.15) is 23.1 Å². The highest BCUT2D eigenvalue weighted by Crippen LogP contribution is 2.27. The quantitative estimate of drug-likeness (QED) is 0.547. The molecule has 0 radical (unpaired) electrons. The van der Waals surface area contributed by atoms with Gasteiger partial charge in [0.15, 0.2) is 0 Å². The van der Waals surface area contributed by atoms with E-state index in [-0.39, 0.29) is 22.5 Å². The van der Waals surface area contributed by atoms with Crippen LogP contribution in [0.15, 0.2) is 6.20 Å².